The third-order valence-electron chi connectivity index (χ3n) is 3.93. The predicted molar refractivity (Wildman–Crippen MR) is 84.1 cm³/mol. The second-order valence-electron chi connectivity index (χ2n) is 6.52. The van der Waals surface area contributed by atoms with Crippen LogP contribution in [-0.4, -0.2) is 21.3 Å². The number of hydrogen-bond acceptors (Lipinski definition) is 4. The van der Waals surface area contributed by atoms with Gasteiger partial charge in [-0.05, 0) is 31.1 Å². The van der Waals surface area contributed by atoms with Crippen molar-refractivity contribution in [3.05, 3.63) is 22.1 Å². The van der Waals surface area contributed by atoms with E-state index < -0.39 is 0 Å². The zero-order valence-electron chi connectivity index (χ0n) is 12.6. The molecule has 4 nitrogen and oxygen atoms in total. The lowest BCUT2D eigenvalue weighted by Gasteiger charge is -2.38. The first-order valence-corrected chi connectivity index (χ1v) is 8.30. The van der Waals surface area contributed by atoms with Gasteiger partial charge in [-0.3, -0.25) is 4.79 Å². The van der Waals surface area contributed by atoms with E-state index in [0.717, 1.165) is 36.5 Å². The molecule has 112 valence electrons. The topological polar surface area (TPSA) is 71.8 Å². The summed E-state index contributed by atoms with van der Waals surface area (Å²) in [5.74, 6) is 0. The molecule has 1 fully saturated rings. The Labute approximate surface area is 125 Å². The van der Waals surface area contributed by atoms with E-state index in [4.69, 9.17) is 5.73 Å². The maximum atomic E-state index is 11.7. The van der Waals surface area contributed by atoms with Crippen LogP contribution in [0.15, 0.2) is 16.0 Å². The average molecular weight is 295 g/mol. The van der Waals surface area contributed by atoms with Gasteiger partial charge in [0.25, 0.3) is 5.56 Å². The minimum atomic E-state index is -0.0606. The number of nitrogens with zero attached hydrogens (tertiary/aromatic N) is 1. The molecule has 3 N–H and O–H groups in total. The molecule has 20 heavy (non-hydrogen) atoms. The van der Waals surface area contributed by atoms with Gasteiger partial charge < -0.3 is 10.7 Å². The predicted octanol–water partition coefficient (Wildman–Crippen LogP) is 2.72. The molecule has 5 heteroatoms. The molecule has 1 heterocycles. The third kappa shape index (κ3) is 4.09. The van der Waals surface area contributed by atoms with Crippen molar-refractivity contribution in [2.24, 2.45) is 11.1 Å². The quantitative estimate of drug-likeness (QED) is 0.838. The van der Waals surface area contributed by atoms with Crippen LogP contribution in [-0.2, 0) is 6.42 Å². The van der Waals surface area contributed by atoms with E-state index in [1.807, 2.05) is 0 Å². The van der Waals surface area contributed by atoms with E-state index in [9.17, 15) is 4.79 Å². The Bertz CT molecular complexity index is 512. The van der Waals surface area contributed by atoms with Crippen LogP contribution in [0.1, 0.15) is 52.1 Å². The van der Waals surface area contributed by atoms with Gasteiger partial charge in [0.05, 0.1) is 0 Å². The Hall–Kier alpha value is -0.810. The van der Waals surface area contributed by atoms with Gasteiger partial charge in [-0.25, -0.2) is 4.98 Å². The second kappa shape index (κ2) is 6.31. The Kier molecular flexibility index (Phi) is 4.91. The van der Waals surface area contributed by atoms with Crippen LogP contribution in [0.25, 0.3) is 0 Å². The minimum absolute atomic E-state index is 0.0606. The summed E-state index contributed by atoms with van der Waals surface area (Å²) in [6, 6.07) is 1.78. The van der Waals surface area contributed by atoms with Crippen molar-refractivity contribution in [1.29, 1.82) is 0 Å². The van der Waals surface area contributed by atoms with E-state index in [-0.39, 0.29) is 11.6 Å². The van der Waals surface area contributed by atoms with Gasteiger partial charge in [-0.15, -0.1) is 0 Å². The monoisotopic (exact) mass is 295 g/mol. The molecule has 0 amide bonds. The summed E-state index contributed by atoms with van der Waals surface area (Å²) in [5.41, 5.74) is 7.39. The van der Waals surface area contributed by atoms with Gasteiger partial charge >= 0.3 is 0 Å². The van der Waals surface area contributed by atoms with Crippen molar-refractivity contribution in [1.82, 2.24) is 9.97 Å². The van der Waals surface area contributed by atoms with Crippen molar-refractivity contribution in [3.63, 3.8) is 0 Å². The smallest absolute Gasteiger partial charge is 0.251 e. The molecule has 0 spiro atoms. The number of rotatable bonds is 4. The van der Waals surface area contributed by atoms with Crippen molar-refractivity contribution in [2.75, 3.05) is 0 Å². The molecule has 0 aromatic carbocycles. The zero-order chi connectivity index (χ0) is 14.8. The maximum absolute atomic E-state index is 11.7. The first kappa shape index (κ1) is 15.6. The van der Waals surface area contributed by atoms with E-state index in [1.54, 1.807) is 17.8 Å². The summed E-state index contributed by atoms with van der Waals surface area (Å²) < 4.78 is 0. The summed E-state index contributed by atoms with van der Waals surface area (Å²) in [4.78, 5) is 19.1. The van der Waals surface area contributed by atoms with Crippen molar-refractivity contribution < 1.29 is 0 Å². The maximum Gasteiger partial charge on any atom is 0.251 e. The number of thioether (sulfide) groups is 1. The van der Waals surface area contributed by atoms with Gasteiger partial charge in [-0.1, -0.05) is 39.0 Å². The highest BCUT2D eigenvalue weighted by Crippen LogP contribution is 2.41. The third-order valence-corrected chi connectivity index (χ3v) is 5.16. The molecular formula is C15H25N3OS. The number of aromatic amines is 1. The second-order valence-corrected chi connectivity index (χ2v) is 7.75. The molecule has 0 bridgehead atoms. The summed E-state index contributed by atoms with van der Waals surface area (Å²) in [6.07, 6.45) is 5.13. The van der Waals surface area contributed by atoms with E-state index >= 15 is 0 Å². The Balaban J connectivity index is 2.14. The molecule has 0 saturated heterocycles. The largest absolute Gasteiger partial charge is 0.327 e. The van der Waals surface area contributed by atoms with Crippen LogP contribution in [0, 0.1) is 5.41 Å². The number of nitrogens with two attached hydrogens (primary N) is 1. The molecular weight excluding hydrogens is 270 g/mol. The highest BCUT2D eigenvalue weighted by atomic mass is 32.2. The van der Waals surface area contributed by atoms with Crippen molar-refractivity contribution >= 4 is 11.8 Å². The molecule has 1 aromatic rings. The number of nitrogens with one attached hydrogen (secondary N) is 1. The standard InChI is InChI=1S/C15H25N3OS/c1-4-5-10-8-13(19)18-14(17-10)20-12-9-15(2,3)7-6-11(12)16/h8,11-12H,4-7,9,16H2,1-3H3,(H,17,18,19). The highest BCUT2D eigenvalue weighted by Gasteiger charge is 2.34. The molecule has 0 aliphatic heterocycles. The summed E-state index contributed by atoms with van der Waals surface area (Å²) in [7, 11) is 0. The summed E-state index contributed by atoms with van der Waals surface area (Å²) in [5, 5.41) is 1.05. The van der Waals surface area contributed by atoms with Crippen LogP contribution in [0.4, 0.5) is 0 Å². The molecule has 1 saturated carbocycles. The lowest BCUT2D eigenvalue weighted by Crippen LogP contribution is -2.41. The summed E-state index contributed by atoms with van der Waals surface area (Å²) >= 11 is 1.64. The van der Waals surface area contributed by atoms with Gasteiger partial charge in [0.1, 0.15) is 0 Å². The summed E-state index contributed by atoms with van der Waals surface area (Å²) in [6.45, 7) is 6.67. The fourth-order valence-corrected chi connectivity index (χ4v) is 4.20. The fourth-order valence-electron chi connectivity index (χ4n) is 2.74. The van der Waals surface area contributed by atoms with E-state index in [1.165, 1.54) is 6.42 Å². The molecule has 2 rings (SSSR count). The molecule has 1 aromatic heterocycles. The highest BCUT2D eigenvalue weighted by molar-refractivity contribution is 7.99. The van der Waals surface area contributed by atoms with Crippen LogP contribution >= 0.6 is 11.8 Å². The first-order valence-electron chi connectivity index (χ1n) is 7.42. The number of aryl methyl sites for hydroxylation is 1. The minimum Gasteiger partial charge on any atom is -0.327 e. The van der Waals surface area contributed by atoms with Gasteiger partial charge in [0.2, 0.25) is 0 Å². The molecule has 1 aliphatic rings. The lowest BCUT2D eigenvalue weighted by molar-refractivity contribution is 0.232. The van der Waals surface area contributed by atoms with Gasteiger partial charge in [0.15, 0.2) is 5.16 Å². The van der Waals surface area contributed by atoms with Gasteiger partial charge in [-0.2, -0.15) is 0 Å². The van der Waals surface area contributed by atoms with Crippen LogP contribution in [0.5, 0.6) is 0 Å². The molecule has 2 unspecified atom stereocenters. The van der Waals surface area contributed by atoms with Crippen LogP contribution in [0.3, 0.4) is 0 Å². The number of aromatic nitrogens is 2. The van der Waals surface area contributed by atoms with Crippen molar-refractivity contribution in [3.8, 4) is 0 Å². The first-order chi connectivity index (χ1) is 9.39. The Morgan fingerprint density at radius 2 is 2.30 bits per heavy atom. The number of H-pyrrole nitrogens is 1. The SMILES string of the molecule is CCCc1cc(=O)[nH]c(SC2CC(C)(C)CCC2N)n1. The van der Waals surface area contributed by atoms with Gasteiger partial charge in [0, 0.05) is 23.1 Å². The van der Waals surface area contributed by atoms with Crippen LogP contribution in [0.2, 0.25) is 0 Å². The average Bonchev–Trinajstić information content (AvgIpc) is 2.33. The lowest BCUT2D eigenvalue weighted by atomic mass is 9.75. The zero-order valence-corrected chi connectivity index (χ0v) is 13.4. The van der Waals surface area contributed by atoms with E-state index in [0.29, 0.717) is 10.7 Å². The van der Waals surface area contributed by atoms with Crippen LogP contribution < -0.4 is 11.3 Å². The molecule has 0 radical (unpaired) electrons. The normalized spacial score (nSPS) is 25.6. The Morgan fingerprint density at radius 3 is 3.00 bits per heavy atom. The molecule has 2 atom stereocenters. The Morgan fingerprint density at radius 1 is 1.55 bits per heavy atom. The van der Waals surface area contributed by atoms with E-state index in [2.05, 4.69) is 30.7 Å². The number of hydrogen-bond donors (Lipinski definition) is 2. The fraction of sp³-hybridized carbons (Fsp3) is 0.733. The molecule has 1 aliphatic carbocycles. The van der Waals surface area contributed by atoms with Crippen molar-refractivity contribution in [2.45, 2.75) is 69.3 Å².